The maximum Gasteiger partial charge on any atom is 0.418 e. The van der Waals surface area contributed by atoms with E-state index in [9.17, 15) is 18.0 Å². The summed E-state index contributed by atoms with van der Waals surface area (Å²) >= 11 is 0. The number of carbonyl (C=O) groups is 3. The molecule has 15 nitrogen and oxygen atoms in total. The molecule has 1 saturated heterocycles. The van der Waals surface area contributed by atoms with E-state index in [1.54, 1.807) is 75.0 Å². The molecule has 1 fully saturated rings. The molecule has 1 aliphatic rings. The Bertz CT molecular complexity index is 1910. The summed E-state index contributed by atoms with van der Waals surface area (Å²) in [6, 6.07) is 17.1. The molecule has 0 saturated carbocycles. The minimum Gasteiger partial charge on any atom is -0.509 e. The number of carbonyl (C=O) groups excluding carboxylic acids is 3. The lowest BCUT2D eigenvalue weighted by Crippen LogP contribution is -2.41. The predicted molar refractivity (Wildman–Crippen MR) is 235 cm³/mol. The number of primary amides is 1. The predicted octanol–water partition coefficient (Wildman–Crippen LogP) is 7.37. The summed E-state index contributed by atoms with van der Waals surface area (Å²) in [6.45, 7) is 8.66. The van der Waals surface area contributed by atoms with Gasteiger partial charge in [-0.15, -0.1) is 0 Å². The lowest BCUT2D eigenvalue weighted by molar-refractivity contribution is -0.137. The second-order valence-electron chi connectivity index (χ2n) is 12.7. The van der Waals surface area contributed by atoms with E-state index in [1.807, 2.05) is 44.8 Å². The van der Waals surface area contributed by atoms with Gasteiger partial charge in [0.2, 0.25) is 6.41 Å². The Hall–Kier alpha value is -6.11. The summed E-state index contributed by atoms with van der Waals surface area (Å²) < 4.78 is 59.2. The molecule has 1 aromatic heterocycles. The first-order chi connectivity index (χ1) is 29.0. The molecule has 8 N–H and O–H groups in total. The molecule has 0 radical (unpaired) electrons. The fourth-order valence-corrected chi connectivity index (χ4v) is 5.14. The minimum atomic E-state index is -4.48. The molecule has 0 aliphatic carbocycles. The highest BCUT2D eigenvalue weighted by molar-refractivity contribution is 5.88. The van der Waals surface area contributed by atoms with Crippen molar-refractivity contribution in [1.29, 1.82) is 0 Å². The molecule has 18 heteroatoms. The van der Waals surface area contributed by atoms with Crippen molar-refractivity contribution in [3.05, 3.63) is 83.9 Å². The van der Waals surface area contributed by atoms with Crippen LogP contribution in [0.5, 0.6) is 23.0 Å². The molecule has 1 amide bonds. The number of alkyl halides is 3. The Balaban J connectivity index is 0.00000143. The number of halogens is 3. The van der Waals surface area contributed by atoms with Gasteiger partial charge in [0.15, 0.2) is 11.5 Å². The van der Waals surface area contributed by atoms with E-state index < -0.39 is 11.7 Å². The first-order valence-electron chi connectivity index (χ1n) is 19.2. The first-order valence-corrected chi connectivity index (χ1v) is 19.2. The van der Waals surface area contributed by atoms with Gasteiger partial charge in [0.05, 0.1) is 31.8 Å². The highest BCUT2D eigenvalue weighted by Gasteiger charge is 2.36. The molecular formula is C43H62F3N7O8. The van der Waals surface area contributed by atoms with Gasteiger partial charge < -0.3 is 65.9 Å². The zero-order valence-corrected chi connectivity index (χ0v) is 36.4. The van der Waals surface area contributed by atoms with Crippen molar-refractivity contribution in [2.75, 3.05) is 71.8 Å². The molecule has 2 heterocycles. The molecule has 3 aromatic carbocycles. The summed E-state index contributed by atoms with van der Waals surface area (Å²) in [5, 5.41) is 23.6. The number of hydrogen-bond donors (Lipinski definition) is 6. The number of nitrogens with zero attached hydrogens (tertiary/aromatic N) is 3. The van der Waals surface area contributed by atoms with Crippen LogP contribution >= 0.6 is 0 Å². The third-order valence-corrected chi connectivity index (χ3v) is 8.16. The van der Waals surface area contributed by atoms with Gasteiger partial charge >= 0.3 is 6.18 Å². The van der Waals surface area contributed by atoms with Gasteiger partial charge in [-0.2, -0.15) is 13.2 Å². The standard InChI is InChI=1S/C30H31F3N4O3.C4H9NO.C4H8O2.C2H5NO.C2H6.CH3NO/c1-34-19-10-13-37(14-11-19)26-8-7-21(16-24(26)30(31,32)33)36-20-5-4-6-22(15-20)40-27-9-12-35-25-18-29(39-3)28(38-2)17-23(25)27;1-5(2)3-4-6;1-3(5)4(2)6;3-1-2-4;1-2;2-1-3/h4-9,12,15-19,34,36H,10-11,13-14H2,1-3H3;4H,3H2,1-2H3;5-6H,1-2H3;2H,1,3H2;1-2H3;1H,(H2,2,3)/b;;4-3-;;;. The zero-order valence-electron chi connectivity index (χ0n) is 36.4. The van der Waals surface area contributed by atoms with Crippen LogP contribution in [0.1, 0.15) is 46.1 Å². The number of ether oxygens (including phenoxy) is 3. The Kier molecular flexibility index (Phi) is 27.0. The number of benzene rings is 3. The number of nitrogens with two attached hydrogens (primary N) is 2. The number of aldehydes is 2. The Morgan fingerprint density at radius 3 is 1.92 bits per heavy atom. The fourth-order valence-electron chi connectivity index (χ4n) is 5.14. The molecule has 5 rings (SSSR count). The number of pyridine rings is 1. The minimum absolute atomic E-state index is 0.0185. The van der Waals surface area contributed by atoms with E-state index in [1.165, 1.54) is 19.9 Å². The number of piperidine rings is 1. The monoisotopic (exact) mass is 861 g/mol. The van der Waals surface area contributed by atoms with Crippen LogP contribution in [0.15, 0.2) is 78.4 Å². The Morgan fingerprint density at radius 2 is 1.46 bits per heavy atom. The summed E-state index contributed by atoms with van der Waals surface area (Å²) in [5.41, 5.74) is 9.98. The highest BCUT2D eigenvalue weighted by atomic mass is 19.4. The lowest BCUT2D eigenvalue weighted by atomic mass is 10.0. The van der Waals surface area contributed by atoms with Crippen LogP contribution in [-0.2, 0) is 20.6 Å². The van der Waals surface area contributed by atoms with Gasteiger partial charge in [0.25, 0.3) is 0 Å². The van der Waals surface area contributed by atoms with Crippen molar-refractivity contribution in [3.8, 4) is 23.0 Å². The lowest BCUT2D eigenvalue weighted by Gasteiger charge is -2.35. The van der Waals surface area contributed by atoms with Gasteiger partial charge in [-0.1, -0.05) is 19.9 Å². The Labute approximate surface area is 356 Å². The molecule has 0 spiro atoms. The van der Waals surface area contributed by atoms with Gasteiger partial charge in [-0.25, -0.2) is 0 Å². The number of aliphatic hydroxyl groups excluding tert-OH is 2. The third-order valence-electron chi connectivity index (χ3n) is 8.16. The number of aromatic nitrogens is 1. The SMILES string of the molecule is C/C(O)=C(\C)O.CC.CN(C)CC=O.CNC1CCN(c2ccc(Nc3cccc(Oc4ccnc5cc(OC)c(OC)cc45)c3)cc2C(F)(F)F)CC1.NC=O.NCC=O. The van der Waals surface area contributed by atoms with Crippen LogP contribution in [0, 0.1) is 0 Å². The number of anilines is 3. The maximum absolute atomic E-state index is 14.1. The van der Waals surface area contributed by atoms with E-state index in [0.29, 0.717) is 71.9 Å². The molecule has 0 bridgehead atoms. The third kappa shape index (κ3) is 20.1. The van der Waals surface area contributed by atoms with E-state index in [4.69, 9.17) is 34.0 Å². The van der Waals surface area contributed by atoms with Crippen molar-refractivity contribution < 1.29 is 52.0 Å². The molecule has 0 atom stereocenters. The zero-order chi connectivity index (χ0) is 46.5. The van der Waals surface area contributed by atoms with Crippen molar-refractivity contribution in [3.63, 3.8) is 0 Å². The number of rotatable bonds is 11. The van der Waals surface area contributed by atoms with Crippen molar-refractivity contribution in [2.24, 2.45) is 11.5 Å². The van der Waals surface area contributed by atoms with E-state index in [2.05, 4.69) is 27.1 Å². The number of hydrogen-bond acceptors (Lipinski definition) is 14. The van der Waals surface area contributed by atoms with Gasteiger partial charge in [0.1, 0.15) is 35.6 Å². The van der Waals surface area contributed by atoms with Crippen LogP contribution in [0.25, 0.3) is 10.9 Å². The van der Waals surface area contributed by atoms with Crippen LogP contribution in [0.4, 0.5) is 30.2 Å². The van der Waals surface area contributed by atoms with Crippen LogP contribution < -0.4 is 41.2 Å². The normalized spacial score (nSPS) is 12.3. The van der Waals surface area contributed by atoms with Gasteiger partial charge in [-0.05, 0) is 90.3 Å². The molecule has 1 aliphatic heterocycles. The van der Waals surface area contributed by atoms with E-state index >= 15 is 0 Å². The van der Waals surface area contributed by atoms with Crippen LogP contribution in [0.2, 0.25) is 0 Å². The average Bonchev–Trinajstić information content (AvgIpc) is 3.24. The number of likely N-dealkylation sites (N-methyl/N-ethyl adjacent to an activating group) is 1. The number of methoxy groups -OCH3 is 2. The number of allylic oxidation sites excluding steroid dienone is 2. The quantitative estimate of drug-likeness (QED) is 0.0642. The van der Waals surface area contributed by atoms with Crippen molar-refractivity contribution >= 4 is 46.9 Å². The van der Waals surface area contributed by atoms with Crippen LogP contribution in [0.3, 0.4) is 0 Å². The highest BCUT2D eigenvalue weighted by Crippen LogP contribution is 2.40. The van der Waals surface area contributed by atoms with Crippen molar-refractivity contribution in [1.82, 2.24) is 15.2 Å². The smallest absolute Gasteiger partial charge is 0.418 e. The molecule has 61 heavy (non-hydrogen) atoms. The number of aliphatic hydroxyl groups is 2. The first kappa shape index (κ1) is 54.9. The number of nitrogens with one attached hydrogen (secondary N) is 2. The summed E-state index contributed by atoms with van der Waals surface area (Å²) in [4.78, 5) is 35.2. The molecule has 0 unspecified atom stereocenters. The second-order valence-corrected chi connectivity index (χ2v) is 12.7. The summed E-state index contributed by atoms with van der Waals surface area (Å²) in [7, 11) is 8.71. The Morgan fingerprint density at radius 1 is 0.902 bits per heavy atom. The topological polar surface area (TPSA) is 215 Å². The van der Waals surface area contributed by atoms with Gasteiger partial charge in [-0.3, -0.25) is 9.78 Å². The molecule has 338 valence electrons. The number of fused-ring (bicyclic) bond motifs is 1. The average molecular weight is 862 g/mol. The fraction of sp³-hybridized carbons (Fsp3) is 0.395. The van der Waals surface area contributed by atoms with Crippen molar-refractivity contribution in [2.45, 2.75) is 52.8 Å². The van der Waals surface area contributed by atoms with E-state index in [0.717, 1.165) is 24.5 Å². The maximum atomic E-state index is 14.1. The second kappa shape index (κ2) is 30.0. The van der Waals surface area contributed by atoms with Gasteiger partial charge in [0, 0.05) is 66.5 Å². The van der Waals surface area contributed by atoms with E-state index in [-0.39, 0.29) is 30.2 Å². The number of amides is 1. The van der Waals surface area contributed by atoms with Crippen LogP contribution in [-0.4, -0.2) is 107 Å². The largest absolute Gasteiger partial charge is 0.509 e. The molecular weight excluding hydrogens is 800 g/mol. The molecule has 4 aromatic rings. The summed E-state index contributed by atoms with van der Waals surface area (Å²) in [5.74, 6) is 2.11. The summed E-state index contributed by atoms with van der Waals surface area (Å²) in [6.07, 6.45) is 0.526.